The van der Waals surface area contributed by atoms with Crippen molar-refractivity contribution in [3.8, 4) is 11.3 Å². The summed E-state index contributed by atoms with van der Waals surface area (Å²) in [4.78, 5) is 0. The van der Waals surface area contributed by atoms with Crippen molar-refractivity contribution in [2.75, 3.05) is 0 Å². The zero-order chi connectivity index (χ0) is 15.8. The van der Waals surface area contributed by atoms with E-state index in [0.29, 0.717) is 11.1 Å². The van der Waals surface area contributed by atoms with Gasteiger partial charge in [0.05, 0.1) is 0 Å². The Labute approximate surface area is 118 Å². The first kappa shape index (κ1) is 15.4. The molecule has 2 aromatic rings. The summed E-state index contributed by atoms with van der Waals surface area (Å²) in [5, 5.41) is 0. The molecule has 0 aliphatic carbocycles. The highest BCUT2D eigenvalue weighted by molar-refractivity contribution is 5.61. The number of nitrogens with zero attached hydrogens (tertiary/aromatic N) is 1. The lowest BCUT2D eigenvalue weighted by Gasteiger charge is -2.20. The first-order valence-corrected chi connectivity index (χ1v) is 6.15. The predicted octanol–water partition coefficient (Wildman–Crippen LogP) is 4.14. The van der Waals surface area contributed by atoms with Crippen molar-refractivity contribution in [2.45, 2.75) is 19.0 Å². The lowest BCUT2D eigenvalue weighted by atomic mass is 9.98. The maximum Gasteiger partial charge on any atom is 0.458 e. The maximum atomic E-state index is 13.3. The van der Waals surface area contributed by atoms with Gasteiger partial charge >= 0.3 is 12.1 Å². The smallest absolute Gasteiger partial charge is 0.201 e. The van der Waals surface area contributed by atoms with Crippen LogP contribution in [-0.2, 0) is 13.0 Å². The Bertz CT molecular complexity index is 661. The number of aromatic nitrogens is 1. The van der Waals surface area contributed by atoms with Crippen LogP contribution in [-0.4, -0.2) is 6.18 Å². The van der Waals surface area contributed by atoms with E-state index in [4.69, 9.17) is 0 Å². The molecule has 0 fully saturated rings. The van der Waals surface area contributed by atoms with Gasteiger partial charge in [0, 0.05) is 23.3 Å². The molecule has 1 aromatic heterocycles. The molecule has 0 N–H and O–H groups in total. The largest absolute Gasteiger partial charge is 0.458 e. The van der Waals surface area contributed by atoms with Crippen LogP contribution in [0.2, 0.25) is 0 Å². The molecule has 6 heteroatoms. The highest BCUT2D eigenvalue weighted by Crippen LogP contribution is 2.44. The number of hydrogen-bond acceptors (Lipinski definition) is 0. The zero-order valence-electron chi connectivity index (χ0n) is 11.4. The average molecular weight is 302 g/mol. The Morgan fingerprint density at radius 3 is 2.14 bits per heavy atom. The Morgan fingerprint density at radius 1 is 0.952 bits per heavy atom. The van der Waals surface area contributed by atoms with Gasteiger partial charge < -0.3 is 0 Å². The molecule has 21 heavy (non-hydrogen) atoms. The number of halogens is 5. The molecule has 0 radical (unpaired) electrons. The molecule has 0 amide bonds. The third kappa shape index (κ3) is 2.75. The van der Waals surface area contributed by atoms with Gasteiger partial charge in [0.15, 0.2) is 6.20 Å². The fraction of sp³-hybridized carbons (Fsp3) is 0.267. The van der Waals surface area contributed by atoms with E-state index < -0.39 is 17.7 Å². The van der Waals surface area contributed by atoms with Gasteiger partial charge in [0.1, 0.15) is 7.05 Å². The quantitative estimate of drug-likeness (QED) is 0.580. The summed E-state index contributed by atoms with van der Waals surface area (Å²) in [5.41, 5.74) is 0.657. The van der Waals surface area contributed by atoms with Crippen LogP contribution in [0.15, 0.2) is 42.6 Å². The van der Waals surface area contributed by atoms with Crippen molar-refractivity contribution < 1.29 is 26.5 Å². The molecule has 1 aromatic carbocycles. The molecule has 0 aliphatic rings. The molecule has 0 saturated heterocycles. The zero-order valence-corrected chi connectivity index (χ0v) is 11.4. The van der Waals surface area contributed by atoms with Crippen LogP contribution in [0.4, 0.5) is 22.0 Å². The first-order valence-electron chi connectivity index (χ1n) is 6.15. The van der Waals surface area contributed by atoms with Crippen LogP contribution >= 0.6 is 0 Å². The van der Waals surface area contributed by atoms with Gasteiger partial charge in [-0.15, -0.1) is 0 Å². The molecular formula is C15H13F5N+. The number of pyridine rings is 1. The number of hydrogen-bond donors (Lipinski definition) is 0. The molecular weight excluding hydrogens is 289 g/mol. The second kappa shape index (κ2) is 5.09. The van der Waals surface area contributed by atoms with E-state index in [-0.39, 0.29) is 0 Å². The van der Waals surface area contributed by atoms with E-state index in [0.717, 1.165) is 17.8 Å². The lowest BCUT2D eigenvalue weighted by molar-refractivity contribution is -0.660. The monoisotopic (exact) mass is 302 g/mol. The molecule has 0 saturated carbocycles. The Kier molecular flexibility index (Phi) is 3.74. The summed E-state index contributed by atoms with van der Waals surface area (Å²) >= 11 is 0. The molecule has 0 bridgehead atoms. The van der Waals surface area contributed by atoms with Crippen molar-refractivity contribution in [1.82, 2.24) is 0 Å². The average Bonchev–Trinajstić information content (AvgIpc) is 2.38. The number of alkyl halides is 5. The van der Waals surface area contributed by atoms with E-state index >= 15 is 0 Å². The number of benzene rings is 1. The summed E-state index contributed by atoms with van der Waals surface area (Å²) in [7, 11) is 1.77. The van der Waals surface area contributed by atoms with Crippen LogP contribution in [0, 0.1) is 6.92 Å². The van der Waals surface area contributed by atoms with Crippen molar-refractivity contribution in [1.29, 1.82) is 0 Å². The molecule has 1 nitrogen and oxygen atoms in total. The van der Waals surface area contributed by atoms with Crippen molar-refractivity contribution >= 4 is 0 Å². The molecule has 0 spiro atoms. The highest BCUT2D eigenvalue weighted by Gasteiger charge is 2.58. The summed E-state index contributed by atoms with van der Waals surface area (Å²) in [5.74, 6) is -4.85. The Morgan fingerprint density at radius 2 is 1.62 bits per heavy atom. The molecule has 0 atom stereocenters. The van der Waals surface area contributed by atoms with Gasteiger partial charge in [0.2, 0.25) is 5.69 Å². The molecule has 1 heterocycles. The van der Waals surface area contributed by atoms with Crippen LogP contribution in [0.25, 0.3) is 11.3 Å². The molecule has 2 rings (SSSR count). The van der Waals surface area contributed by atoms with Gasteiger partial charge in [0.25, 0.3) is 0 Å². The Hall–Kier alpha value is -1.98. The third-order valence-corrected chi connectivity index (χ3v) is 3.28. The fourth-order valence-corrected chi connectivity index (χ4v) is 2.11. The molecule has 0 unspecified atom stereocenters. The van der Waals surface area contributed by atoms with E-state index in [9.17, 15) is 22.0 Å². The minimum atomic E-state index is -5.60. The summed E-state index contributed by atoms with van der Waals surface area (Å²) < 4.78 is 65.6. The van der Waals surface area contributed by atoms with Crippen molar-refractivity contribution in [2.24, 2.45) is 7.05 Å². The van der Waals surface area contributed by atoms with Crippen LogP contribution < -0.4 is 4.57 Å². The van der Waals surface area contributed by atoms with Gasteiger partial charge in [-0.25, -0.2) is 4.57 Å². The SMILES string of the molecule is Cc1cc(C(F)(F)C(F)(F)F)ccc1-c1cccc[n+]1C. The van der Waals surface area contributed by atoms with Gasteiger partial charge in [-0.3, -0.25) is 0 Å². The van der Waals surface area contributed by atoms with Gasteiger partial charge in [-0.2, -0.15) is 22.0 Å². The normalized spacial score (nSPS) is 12.5. The van der Waals surface area contributed by atoms with Crippen LogP contribution in [0.3, 0.4) is 0 Å². The number of aryl methyl sites for hydroxylation is 2. The van der Waals surface area contributed by atoms with E-state index in [1.807, 2.05) is 0 Å². The minimum absolute atomic E-state index is 0.359. The highest BCUT2D eigenvalue weighted by atomic mass is 19.4. The fourth-order valence-electron chi connectivity index (χ4n) is 2.11. The van der Waals surface area contributed by atoms with Gasteiger partial charge in [-0.1, -0.05) is 6.07 Å². The second-order valence-corrected chi connectivity index (χ2v) is 4.80. The summed E-state index contributed by atoms with van der Waals surface area (Å²) in [6, 6.07) is 8.33. The standard InChI is InChI=1S/C15H13F5N/c1-10-9-11(14(16,17)15(18,19)20)6-7-12(10)13-5-3-4-8-21(13)2/h3-9H,1-2H3/q+1. The molecule has 0 aliphatic heterocycles. The minimum Gasteiger partial charge on any atom is -0.201 e. The van der Waals surface area contributed by atoms with Gasteiger partial charge in [-0.05, 0) is 30.7 Å². The number of rotatable bonds is 2. The van der Waals surface area contributed by atoms with Crippen molar-refractivity contribution in [3.05, 3.63) is 53.7 Å². The topological polar surface area (TPSA) is 3.88 Å². The third-order valence-electron chi connectivity index (χ3n) is 3.28. The van der Waals surface area contributed by atoms with Crippen molar-refractivity contribution in [3.63, 3.8) is 0 Å². The summed E-state index contributed by atoms with van der Waals surface area (Å²) in [6.45, 7) is 1.51. The lowest BCUT2D eigenvalue weighted by Crippen LogP contribution is -2.34. The Balaban J connectivity index is 2.51. The maximum absolute atomic E-state index is 13.3. The van der Waals surface area contributed by atoms with E-state index in [1.165, 1.54) is 13.0 Å². The second-order valence-electron chi connectivity index (χ2n) is 4.80. The van der Waals surface area contributed by atoms with E-state index in [2.05, 4.69) is 0 Å². The van der Waals surface area contributed by atoms with Crippen LogP contribution in [0.5, 0.6) is 0 Å². The van der Waals surface area contributed by atoms with Crippen LogP contribution in [0.1, 0.15) is 11.1 Å². The molecule has 112 valence electrons. The summed E-state index contributed by atoms with van der Waals surface area (Å²) in [6.07, 6.45) is -3.83. The first-order chi connectivity index (χ1) is 9.64. The van der Waals surface area contributed by atoms with E-state index in [1.54, 1.807) is 36.0 Å². The predicted molar refractivity (Wildman–Crippen MR) is 67.7 cm³/mol.